The molecule has 0 bridgehead atoms. The maximum absolute atomic E-state index is 14.7. The van der Waals surface area contributed by atoms with E-state index in [0.29, 0.717) is 24.2 Å². The molecule has 0 saturated heterocycles. The van der Waals surface area contributed by atoms with Crippen LogP contribution in [0.15, 0.2) is 70.0 Å². The summed E-state index contributed by atoms with van der Waals surface area (Å²) in [5.41, 5.74) is 6.18. The van der Waals surface area contributed by atoms with Crippen LogP contribution in [0.5, 0.6) is 0 Å². The molecule has 42 heavy (non-hydrogen) atoms. The van der Waals surface area contributed by atoms with E-state index in [1.165, 1.54) is 12.1 Å². The summed E-state index contributed by atoms with van der Waals surface area (Å²) in [5.74, 6) is -3.03. The lowest BCUT2D eigenvalue weighted by Gasteiger charge is -2.24. The number of thioether (sulfide) groups is 1. The normalized spacial score (nSPS) is 11.8. The molecule has 1 aromatic heterocycles. The Morgan fingerprint density at radius 2 is 1.55 bits per heavy atom. The molecule has 222 valence electrons. The minimum atomic E-state index is -4.57. The van der Waals surface area contributed by atoms with Gasteiger partial charge in [-0.1, -0.05) is 42.0 Å². The van der Waals surface area contributed by atoms with Gasteiger partial charge in [-0.05, 0) is 78.4 Å². The highest BCUT2D eigenvalue weighted by atomic mass is 32.2. The number of halogens is 5. The number of carbonyl (C=O) groups is 1. The highest BCUT2D eigenvalue weighted by molar-refractivity contribution is 8.00. The molecule has 4 rings (SSSR count). The molecule has 0 fully saturated rings. The third kappa shape index (κ3) is 7.80. The quantitative estimate of drug-likeness (QED) is 0.137. The van der Waals surface area contributed by atoms with Gasteiger partial charge in [0.05, 0.1) is 12.3 Å². The first-order chi connectivity index (χ1) is 19.8. The molecule has 10 heteroatoms. The van der Waals surface area contributed by atoms with E-state index in [1.807, 2.05) is 37.8 Å². The van der Waals surface area contributed by atoms with Gasteiger partial charge in [0, 0.05) is 23.5 Å². The van der Waals surface area contributed by atoms with Gasteiger partial charge in [0.25, 0.3) is 0 Å². The summed E-state index contributed by atoms with van der Waals surface area (Å²) in [6.45, 7) is 5.98. The van der Waals surface area contributed by atoms with Crippen molar-refractivity contribution in [3.63, 3.8) is 0 Å². The molecule has 0 aliphatic rings. The van der Waals surface area contributed by atoms with Crippen molar-refractivity contribution < 1.29 is 36.3 Å². The fraction of sp³-hybridized carbons (Fsp3) is 0.281. The second-order valence-corrected chi connectivity index (χ2v) is 11.3. The highest BCUT2D eigenvalue weighted by Gasteiger charge is 2.35. The van der Waals surface area contributed by atoms with E-state index in [0.717, 1.165) is 45.6 Å². The van der Waals surface area contributed by atoms with Crippen molar-refractivity contribution in [2.45, 2.75) is 58.2 Å². The average Bonchev–Trinajstić information content (AvgIpc) is 3.39. The summed E-state index contributed by atoms with van der Waals surface area (Å²) in [6, 6.07) is 16.4. The number of carboxylic acid groups (broad SMARTS) is 1. The highest BCUT2D eigenvalue weighted by Crippen LogP contribution is 2.33. The van der Waals surface area contributed by atoms with Gasteiger partial charge >= 0.3 is 12.1 Å². The molecule has 0 unspecified atom stereocenters. The zero-order valence-corrected chi connectivity index (χ0v) is 24.1. The molecule has 4 nitrogen and oxygen atoms in total. The Kier molecular flexibility index (Phi) is 9.78. The Labute approximate surface area is 245 Å². The number of carboxylic acids is 1. The van der Waals surface area contributed by atoms with Crippen molar-refractivity contribution in [1.82, 2.24) is 4.90 Å². The fourth-order valence-corrected chi connectivity index (χ4v) is 5.74. The molecule has 0 aliphatic carbocycles. The van der Waals surface area contributed by atoms with E-state index >= 15 is 0 Å². The monoisotopic (exact) mass is 603 g/mol. The van der Waals surface area contributed by atoms with Crippen molar-refractivity contribution in [2.75, 3.05) is 5.75 Å². The number of aryl methyl sites for hydroxylation is 3. The molecular formula is C32H30F5NO3S. The molecule has 1 heterocycles. The number of alkyl halides is 4. The molecule has 4 aromatic rings. The Balaban J connectivity index is 1.60. The van der Waals surface area contributed by atoms with Crippen LogP contribution in [0.3, 0.4) is 0 Å². The van der Waals surface area contributed by atoms with Gasteiger partial charge in [-0.2, -0.15) is 13.2 Å². The van der Waals surface area contributed by atoms with Gasteiger partial charge in [-0.3, -0.25) is 9.69 Å². The van der Waals surface area contributed by atoms with E-state index in [9.17, 15) is 26.7 Å². The number of benzene rings is 3. The van der Waals surface area contributed by atoms with Crippen molar-refractivity contribution in [3.05, 3.63) is 111 Å². The average molecular weight is 604 g/mol. The minimum Gasteiger partial charge on any atom is -0.481 e. The second kappa shape index (κ2) is 13.1. The zero-order valence-electron chi connectivity index (χ0n) is 23.3. The number of hydrogen-bond acceptors (Lipinski definition) is 4. The molecule has 3 aromatic carbocycles. The van der Waals surface area contributed by atoms with Crippen LogP contribution in [-0.2, 0) is 37.3 Å². The fourth-order valence-electron chi connectivity index (χ4n) is 4.92. The van der Waals surface area contributed by atoms with E-state index < -0.39 is 30.4 Å². The molecule has 0 aliphatic heterocycles. The lowest BCUT2D eigenvalue weighted by Crippen LogP contribution is -2.23. The first kappa shape index (κ1) is 31.3. The van der Waals surface area contributed by atoms with Crippen LogP contribution in [0.25, 0.3) is 11.1 Å². The van der Waals surface area contributed by atoms with Crippen LogP contribution in [-0.4, -0.2) is 21.7 Å². The van der Waals surface area contributed by atoms with Gasteiger partial charge < -0.3 is 9.52 Å². The van der Waals surface area contributed by atoms with Gasteiger partial charge in [0.2, 0.25) is 5.76 Å². The lowest BCUT2D eigenvalue weighted by molar-refractivity contribution is -0.153. The van der Waals surface area contributed by atoms with E-state index in [4.69, 9.17) is 9.52 Å². The van der Waals surface area contributed by atoms with Gasteiger partial charge in [0.15, 0.2) is 0 Å². The van der Waals surface area contributed by atoms with Crippen LogP contribution in [0.1, 0.15) is 44.9 Å². The molecule has 0 atom stereocenters. The SMILES string of the molecule is Cc1cc(C)c(CN(Cc2ccc(-c3cc(F)c(CF)c(SCC(=O)O)c3)cc2)Cc2ccc(C(F)(F)F)o2)c(C)c1. The predicted molar refractivity (Wildman–Crippen MR) is 152 cm³/mol. The Morgan fingerprint density at radius 3 is 2.12 bits per heavy atom. The molecule has 0 saturated carbocycles. The van der Waals surface area contributed by atoms with Gasteiger partial charge in [0.1, 0.15) is 18.3 Å². The van der Waals surface area contributed by atoms with E-state index in [-0.39, 0.29) is 28.5 Å². The predicted octanol–water partition coefficient (Wildman–Crippen LogP) is 8.88. The Hall–Kier alpha value is -3.63. The van der Waals surface area contributed by atoms with Crippen molar-refractivity contribution >= 4 is 17.7 Å². The van der Waals surface area contributed by atoms with E-state index in [1.54, 1.807) is 18.2 Å². The molecule has 0 radical (unpaired) electrons. The number of furan rings is 1. The third-order valence-corrected chi connectivity index (χ3v) is 7.94. The molecule has 1 N–H and O–H groups in total. The smallest absolute Gasteiger partial charge is 0.449 e. The summed E-state index contributed by atoms with van der Waals surface area (Å²) in [6.07, 6.45) is -4.57. The number of nitrogens with zero attached hydrogens (tertiary/aromatic N) is 1. The molecule has 0 spiro atoms. The number of aliphatic carboxylic acids is 1. The van der Waals surface area contributed by atoms with Crippen LogP contribution >= 0.6 is 11.8 Å². The van der Waals surface area contributed by atoms with Crippen molar-refractivity contribution in [2.24, 2.45) is 0 Å². The largest absolute Gasteiger partial charge is 0.481 e. The maximum atomic E-state index is 14.7. The summed E-state index contributed by atoms with van der Waals surface area (Å²) in [4.78, 5) is 13.2. The Morgan fingerprint density at radius 1 is 0.881 bits per heavy atom. The second-order valence-electron chi connectivity index (χ2n) is 10.2. The first-order valence-corrected chi connectivity index (χ1v) is 14.1. The first-order valence-electron chi connectivity index (χ1n) is 13.1. The van der Waals surface area contributed by atoms with Crippen molar-refractivity contribution in [1.29, 1.82) is 0 Å². The standard InChI is InChI=1S/C32H30F5NO3S/c1-19-10-20(2)27(21(3)11-19)17-38(16-25-8-9-30(41-25)32(35,36)37)15-22-4-6-23(7-5-22)24-12-28(34)26(14-33)29(13-24)42-18-31(39)40/h4-13H,14-18H2,1-3H3,(H,39,40). The Bertz CT molecular complexity index is 1540. The van der Waals surface area contributed by atoms with Gasteiger partial charge in [-0.15, -0.1) is 11.8 Å². The minimum absolute atomic E-state index is 0.144. The lowest BCUT2D eigenvalue weighted by atomic mass is 9.99. The van der Waals surface area contributed by atoms with E-state index in [2.05, 4.69) is 12.1 Å². The third-order valence-electron chi connectivity index (χ3n) is 6.88. The zero-order chi connectivity index (χ0) is 30.6. The van der Waals surface area contributed by atoms with Crippen LogP contribution in [0, 0.1) is 26.6 Å². The molecule has 0 amide bonds. The van der Waals surface area contributed by atoms with Crippen molar-refractivity contribution in [3.8, 4) is 11.1 Å². The van der Waals surface area contributed by atoms with Gasteiger partial charge in [-0.25, -0.2) is 8.78 Å². The molecular weight excluding hydrogens is 573 g/mol. The van der Waals surface area contributed by atoms with Crippen LogP contribution in [0.4, 0.5) is 22.0 Å². The number of rotatable bonds is 11. The van der Waals surface area contributed by atoms with Crippen LogP contribution < -0.4 is 0 Å². The topological polar surface area (TPSA) is 53.7 Å². The summed E-state index contributed by atoms with van der Waals surface area (Å²) < 4.78 is 72.7. The number of hydrogen-bond donors (Lipinski definition) is 1. The van der Waals surface area contributed by atoms with Crippen LogP contribution in [0.2, 0.25) is 0 Å². The summed E-state index contributed by atoms with van der Waals surface area (Å²) in [5, 5.41) is 8.99. The summed E-state index contributed by atoms with van der Waals surface area (Å²) in [7, 11) is 0. The maximum Gasteiger partial charge on any atom is 0.449 e. The summed E-state index contributed by atoms with van der Waals surface area (Å²) >= 11 is 0.857.